The number of piperidine rings is 1. The molecule has 1 saturated heterocycles. The number of fused-ring (bicyclic) bond motifs is 1. The molecule has 2 aliphatic rings. The summed E-state index contributed by atoms with van der Waals surface area (Å²) in [7, 11) is 0. The summed E-state index contributed by atoms with van der Waals surface area (Å²) in [6, 6.07) is 7.10. The maximum atomic E-state index is 13.2. The summed E-state index contributed by atoms with van der Waals surface area (Å²) in [5.74, 6) is 0.429. The lowest BCUT2D eigenvalue weighted by Crippen LogP contribution is -2.31. The topological polar surface area (TPSA) is 64.4 Å². The molecule has 1 aromatic heterocycles. The minimum Gasteiger partial charge on any atom is -0.462 e. The first-order chi connectivity index (χ1) is 14.2. The van der Waals surface area contributed by atoms with Gasteiger partial charge in [0, 0.05) is 19.3 Å². The SMILES string of the molecule is CCOC(=O)c1cn(Cc2ccc(CC(=O)N3CC4CC4C3)cc2)nc1C(F)(F)F. The highest BCUT2D eigenvalue weighted by atomic mass is 19.4. The van der Waals surface area contributed by atoms with Crippen molar-refractivity contribution in [2.75, 3.05) is 19.7 Å². The lowest BCUT2D eigenvalue weighted by molar-refractivity contribution is -0.142. The number of benzene rings is 1. The monoisotopic (exact) mass is 421 g/mol. The molecular weight excluding hydrogens is 399 g/mol. The molecule has 1 aromatic carbocycles. The van der Waals surface area contributed by atoms with Gasteiger partial charge < -0.3 is 9.64 Å². The number of aromatic nitrogens is 2. The van der Waals surface area contributed by atoms with Gasteiger partial charge in [0.2, 0.25) is 5.91 Å². The van der Waals surface area contributed by atoms with E-state index >= 15 is 0 Å². The van der Waals surface area contributed by atoms with Gasteiger partial charge in [-0.15, -0.1) is 0 Å². The van der Waals surface area contributed by atoms with Crippen molar-refractivity contribution in [2.24, 2.45) is 11.8 Å². The van der Waals surface area contributed by atoms with Crippen LogP contribution in [0, 0.1) is 11.8 Å². The lowest BCUT2D eigenvalue weighted by atomic mass is 10.1. The second-order valence-corrected chi connectivity index (χ2v) is 7.86. The quantitative estimate of drug-likeness (QED) is 0.673. The normalized spacial score (nSPS) is 20.2. The van der Waals surface area contributed by atoms with Gasteiger partial charge >= 0.3 is 12.1 Å². The van der Waals surface area contributed by atoms with Gasteiger partial charge in [0.05, 0.1) is 19.6 Å². The number of carbonyl (C=O) groups is 2. The van der Waals surface area contributed by atoms with E-state index in [4.69, 9.17) is 4.74 Å². The molecule has 0 N–H and O–H groups in total. The Labute approximate surface area is 171 Å². The van der Waals surface area contributed by atoms with Crippen LogP contribution in [0.2, 0.25) is 0 Å². The molecule has 1 saturated carbocycles. The highest BCUT2D eigenvalue weighted by Gasteiger charge is 2.46. The summed E-state index contributed by atoms with van der Waals surface area (Å²) in [6.07, 6.45) is -2.16. The summed E-state index contributed by atoms with van der Waals surface area (Å²) in [5, 5.41) is 3.54. The van der Waals surface area contributed by atoms with Crippen LogP contribution in [-0.2, 0) is 28.7 Å². The molecule has 6 nitrogen and oxygen atoms in total. The van der Waals surface area contributed by atoms with Gasteiger partial charge in [0.25, 0.3) is 0 Å². The Morgan fingerprint density at radius 2 is 1.77 bits per heavy atom. The molecule has 1 amide bonds. The summed E-state index contributed by atoms with van der Waals surface area (Å²) < 4.78 is 45.4. The molecule has 1 aliphatic heterocycles. The molecule has 2 atom stereocenters. The molecule has 9 heteroatoms. The van der Waals surface area contributed by atoms with Crippen molar-refractivity contribution in [3.8, 4) is 0 Å². The Hall–Kier alpha value is -2.84. The fourth-order valence-corrected chi connectivity index (χ4v) is 3.91. The molecular formula is C21H22F3N3O3. The number of esters is 1. The van der Waals surface area contributed by atoms with E-state index in [1.807, 2.05) is 4.90 Å². The number of likely N-dealkylation sites (tertiary alicyclic amines) is 1. The van der Waals surface area contributed by atoms with Crippen molar-refractivity contribution in [1.29, 1.82) is 0 Å². The third-order valence-electron chi connectivity index (χ3n) is 5.58. The number of amides is 1. The van der Waals surface area contributed by atoms with Gasteiger partial charge in [0.1, 0.15) is 5.56 Å². The van der Waals surface area contributed by atoms with Crippen LogP contribution in [0.4, 0.5) is 13.2 Å². The first-order valence-electron chi connectivity index (χ1n) is 9.92. The molecule has 0 spiro atoms. The highest BCUT2D eigenvalue weighted by Crippen LogP contribution is 2.44. The fraction of sp³-hybridized carbons (Fsp3) is 0.476. The molecule has 2 heterocycles. The summed E-state index contributed by atoms with van der Waals surface area (Å²) in [6.45, 7) is 3.26. The predicted octanol–water partition coefficient (Wildman–Crippen LogP) is 3.15. The number of carbonyl (C=O) groups excluding carboxylic acids is 2. The van der Waals surface area contributed by atoms with E-state index in [1.165, 1.54) is 13.3 Å². The minimum absolute atomic E-state index is 0.0275. The number of hydrogen-bond acceptors (Lipinski definition) is 4. The van der Waals surface area contributed by atoms with Crippen molar-refractivity contribution >= 4 is 11.9 Å². The lowest BCUT2D eigenvalue weighted by Gasteiger charge is -2.17. The number of halogens is 3. The maximum Gasteiger partial charge on any atom is 0.436 e. The van der Waals surface area contributed by atoms with E-state index in [9.17, 15) is 22.8 Å². The predicted molar refractivity (Wildman–Crippen MR) is 101 cm³/mol. The maximum absolute atomic E-state index is 13.2. The van der Waals surface area contributed by atoms with Crippen molar-refractivity contribution in [1.82, 2.24) is 14.7 Å². The number of hydrogen-bond donors (Lipinski definition) is 0. The van der Waals surface area contributed by atoms with Gasteiger partial charge in [-0.25, -0.2) is 4.79 Å². The number of alkyl halides is 3. The number of nitrogens with zero attached hydrogens (tertiary/aromatic N) is 3. The Bertz CT molecular complexity index is 943. The van der Waals surface area contributed by atoms with Crippen LogP contribution < -0.4 is 0 Å². The molecule has 0 radical (unpaired) electrons. The van der Waals surface area contributed by atoms with Crippen molar-refractivity contribution < 1.29 is 27.5 Å². The second kappa shape index (κ2) is 7.77. The average molecular weight is 421 g/mol. The fourth-order valence-electron chi connectivity index (χ4n) is 3.91. The van der Waals surface area contributed by atoms with E-state index in [1.54, 1.807) is 24.3 Å². The van der Waals surface area contributed by atoms with E-state index in [2.05, 4.69) is 5.10 Å². The zero-order valence-corrected chi connectivity index (χ0v) is 16.5. The Morgan fingerprint density at radius 3 is 2.37 bits per heavy atom. The first kappa shape index (κ1) is 20.4. The summed E-state index contributed by atoms with van der Waals surface area (Å²) in [5.41, 5.74) is -0.296. The molecule has 2 unspecified atom stereocenters. The van der Waals surface area contributed by atoms with E-state index in [-0.39, 0.29) is 19.1 Å². The zero-order chi connectivity index (χ0) is 21.5. The molecule has 30 heavy (non-hydrogen) atoms. The molecule has 160 valence electrons. The van der Waals surface area contributed by atoms with Crippen molar-refractivity contribution in [3.05, 3.63) is 52.8 Å². The first-order valence-corrected chi connectivity index (χ1v) is 9.92. The van der Waals surface area contributed by atoms with Crippen LogP contribution in [-0.4, -0.2) is 46.3 Å². The average Bonchev–Trinajstić information content (AvgIpc) is 3.10. The molecule has 4 rings (SSSR count). The largest absolute Gasteiger partial charge is 0.462 e. The van der Waals surface area contributed by atoms with Gasteiger partial charge in [-0.05, 0) is 36.3 Å². The van der Waals surface area contributed by atoms with E-state index in [0.29, 0.717) is 23.8 Å². The number of rotatable bonds is 6. The third-order valence-corrected chi connectivity index (χ3v) is 5.58. The minimum atomic E-state index is -4.76. The van der Waals surface area contributed by atoms with Crippen LogP contribution in [0.25, 0.3) is 0 Å². The zero-order valence-electron chi connectivity index (χ0n) is 16.5. The van der Waals surface area contributed by atoms with Crippen molar-refractivity contribution in [2.45, 2.75) is 32.5 Å². The molecule has 2 aromatic rings. The standard InChI is InChI=1S/C21H22F3N3O3/c1-2-30-20(29)17-12-27(25-19(17)21(22,23)24)9-14-5-3-13(4-6-14)7-18(28)26-10-15-8-16(15)11-26/h3-6,12,15-16H,2,7-11H2,1H3. The van der Waals surface area contributed by atoms with Crippen LogP contribution in [0.15, 0.2) is 30.5 Å². The van der Waals surface area contributed by atoms with Gasteiger partial charge in [-0.2, -0.15) is 18.3 Å². The van der Waals surface area contributed by atoms with E-state index < -0.39 is 23.4 Å². The van der Waals surface area contributed by atoms with Gasteiger partial charge in [-0.1, -0.05) is 24.3 Å². The summed E-state index contributed by atoms with van der Waals surface area (Å²) in [4.78, 5) is 26.1. The van der Waals surface area contributed by atoms with Crippen LogP contribution in [0.3, 0.4) is 0 Å². The van der Waals surface area contributed by atoms with Crippen LogP contribution in [0.1, 0.15) is 40.5 Å². The Kier molecular flexibility index (Phi) is 5.29. The molecule has 2 fully saturated rings. The molecule has 1 aliphatic carbocycles. The van der Waals surface area contributed by atoms with Crippen molar-refractivity contribution in [3.63, 3.8) is 0 Å². The highest BCUT2D eigenvalue weighted by molar-refractivity contribution is 5.90. The van der Waals surface area contributed by atoms with Gasteiger partial charge in [-0.3, -0.25) is 9.48 Å². The van der Waals surface area contributed by atoms with Gasteiger partial charge in [0.15, 0.2) is 5.69 Å². The summed E-state index contributed by atoms with van der Waals surface area (Å²) >= 11 is 0. The van der Waals surface area contributed by atoms with Crippen LogP contribution >= 0.6 is 0 Å². The smallest absolute Gasteiger partial charge is 0.436 e. The van der Waals surface area contributed by atoms with Crippen LogP contribution in [0.5, 0.6) is 0 Å². The molecule has 0 bridgehead atoms. The second-order valence-electron chi connectivity index (χ2n) is 7.86. The third kappa shape index (κ3) is 4.34. The number of ether oxygens (including phenoxy) is 1. The Balaban J connectivity index is 1.42. The van der Waals surface area contributed by atoms with E-state index in [0.717, 1.165) is 29.5 Å². The Morgan fingerprint density at radius 1 is 1.13 bits per heavy atom.